The summed E-state index contributed by atoms with van der Waals surface area (Å²) in [6.07, 6.45) is 5.37. The van der Waals surface area contributed by atoms with Gasteiger partial charge in [-0.05, 0) is 31.1 Å². The first kappa shape index (κ1) is 12.7. The van der Waals surface area contributed by atoms with Crippen molar-refractivity contribution in [3.8, 4) is 0 Å². The Morgan fingerprint density at radius 2 is 2.00 bits per heavy atom. The van der Waals surface area contributed by atoms with Gasteiger partial charge in [-0.3, -0.25) is 11.3 Å². The summed E-state index contributed by atoms with van der Waals surface area (Å²) in [4.78, 5) is 0. The van der Waals surface area contributed by atoms with Crippen LogP contribution in [0, 0.1) is 11.8 Å². The van der Waals surface area contributed by atoms with Crippen molar-refractivity contribution in [1.82, 2.24) is 5.43 Å². The Morgan fingerprint density at radius 3 is 2.38 bits per heavy atom. The van der Waals surface area contributed by atoms with Gasteiger partial charge in [0.2, 0.25) is 0 Å². The fourth-order valence-electron chi connectivity index (χ4n) is 1.44. The highest BCUT2D eigenvalue weighted by atomic mass is 15.2. The molecule has 0 aliphatic carbocycles. The molecule has 0 amide bonds. The minimum Gasteiger partial charge on any atom is -0.271 e. The molecular formula is C11H24N2. The first-order valence-electron chi connectivity index (χ1n) is 5.20. The molecule has 0 saturated heterocycles. The molecule has 0 heterocycles. The van der Waals surface area contributed by atoms with Crippen LogP contribution in [-0.2, 0) is 0 Å². The van der Waals surface area contributed by atoms with E-state index in [0.29, 0.717) is 17.9 Å². The van der Waals surface area contributed by atoms with Crippen molar-refractivity contribution in [2.75, 3.05) is 0 Å². The third-order valence-corrected chi connectivity index (χ3v) is 2.82. The molecule has 2 atom stereocenters. The van der Waals surface area contributed by atoms with E-state index < -0.39 is 0 Å². The highest BCUT2D eigenvalue weighted by Crippen LogP contribution is 2.18. The molecule has 0 aliphatic rings. The van der Waals surface area contributed by atoms with Crippen LogP contribution in [-0.4, -0.2) is 6.04 Å². The van der Waals surface area contributed by atoms with Crippen molar-refractivity contribution in [3.05, 3.63) is 12.7 Å². The summed E-state index contributed by atoms with van der Waals surface area (Å²) in [5.41, 5.74) is 2.91. The van der Waals surface area contributed by atoms with Crippen molar-refractivity contribution in [2.24, 2.45) is 17.7 Å². The SMILES string of the molecule is C=CCCCC(NN)C(C)C(C)C. The molecule has 2 nitrogen and oxygen atoms in total. The molecule has 0 saturated carbocycles. The summed E-state index contributed by atoms with van der Waals surface area (Å²) in [5, 5.41) is 0. The van der Waals surface area contributed by atoms with E-state index in [1.807, 2.05) is 6.08 Å². The van der Waals surface area contributed by atoms with Gasteiger partial charge in [0.25, 0.3) is 0 Å². The predicted molar refractivity (Wildman–Crippen MR) is 59.2 cm³/mol. The lowest BCUT2D eigenvalue weighted by Gasteiger charge is -2.26. The van der Waals surface area contributed by atoms with Gasteiger partial charge in [0, 0.05) is 6.04 Å². The standard InChI is InChI=1S/C11H24N2/c1-5-6-7-8-11(13-12)10(4)9(2)3/h5,9-11,13H,1,6-8,12H2,2-4H3. The van der Waals surface area contributed by atoms with E-state index >= 15 is 0 Å². The van der Waals surface area contributed by atoms with Crippen LogP contribution >= 0.6 is 0 Å². The number of unbranched alkanes of at least 4 members (excludes halogenated alkanes) is 1. The lowest BCUT2D eigenvalue weighted by Crippen LogP contribution is -2.41. The average molecular weight is 184 g/mol. The van der Waals surface area contributed by atoms with E-state index in [2.05, 4.69) is 32.8 Å². The van der Waals surface area contributed by atoms with Crippen LogP contribution in [0.2, 0.25) is 0 Å². The van der Waals surface area contributed by atoms with Gasteiger partial charge in [-0.2, -0.15) is 0 Å². The topological polar surface area (TPSA) is 38.0 Å². The molecular weight excluding hydrogens is 160 g/mol. The van der Waals surface area contributed by atoms with Gasteiger partial charge >= 0.3 is 0 Å². The quantitative estimate of drug-likeness (QED) is 0.276. The average Bonchev–Trinajstić information content (AvgIpc) is 2.11. The molecule has 0 rings (SSSR count). The normalized spacial score (nSPS) is 15.8. The van der Waals surface area contributed by atoms with Crippen molar-refractivity contribution in [3.63, 3.8) is 0 Å². The Bertz CT molecular complexity index is 132. The maximum atomic E-state index is 5.52. The van der Waals surface area contributed by atoms with Crippen molar-refractivity contribution in [2.45, 2.75) is 46.1 Å². The zero-order valence-corrected chi connectivity index (χ0v) is 9.22. The molecule has 0 aliphatic heterocycles. The lowest BCUT2D eigenvalue weighted by atomic mass is 9.88. The van der Waals surface area contributed by atoms with Crippen LogP contribution in [0.3, 0.4) is 0 Å². The van der Waals surface area contributed by atoms with Crippen molar-refractivity contribution < 1.29 is 0 Å². The summed E-state index contributed by atoms with van der Waals surface area (Å²) >= 11 is 0. The van der Waals surface area contributed by atoms with Gasteiger partial charge in [0.05, 0.1) is 0 Å². The fourth-order valence-corrected chi connectivity index (χ4v) is 1.44. The number of rotatable bonds is 7. The Hall–Kier alpha value is -0.340. The molecule has 78 valence electrons. The molecule has 13 heavy (non-hydrogen) atoms. The second kappa shape index (κ2) is 7.10. The monoisotopic (exact) mass is 184 g/mol. The van der Waals surface area contributed by atoms with E-state index in [-0.39, 0.29) is 0 Å². The van der Waals surface area contributed by atoms with Crippen LogP contribution < -0.4 is 11.3 Å². The number of allylic oxidation sites excluding steroid dienone is 1. The number of nitrogens with one attached hydrogen (secondary N) is 1. The largest absolute Gasteiger partial charge is 0.271 e. The summed E-state index contributed by atoms with van der Waals surface area (Å²) in [7, 11) is 0. The van der Waals surface area contributed by atoms with Crippen LogP contribution in [0.4, 0.5) is 0 Å². The summed E-state index contributed by atoms with van der Waals surface area (Å²) < 4.78 is 0. The second-order valence-electron chi connectivity index (χ2n) is 4.10. The van der Waals surface area contributed by atoms with Gasteiger partial charge in [0.15, 0.2) is 0 Å². The zero-order chi connectivity index (χ0) is 10.3. The molecule has 0 bridgehead atoms. The van der Waals surface area contributed by atoms with Crippen LogP contribution in [0.1, 0.15) is 40.0 Å². The number of nitrogens with two attached hydrogens (primary N) is 1. The van der Waals surface area contributed by atoms with Gasteiger partial charge in [-0.25, -0.2) is 0 Å². The summed E-state index contributed by atoms with van der Waals surface area (Å²) in [5.74, 6) is 6.84. The van der Waals surface area contributed by atoms with Gasteiger partial charge in [-0.15, -0.1) is 6.58 Å². The number of hydrogen-bond acceptors (Lipinski definition) is 2. The highest BCUT2D eigenvalue weighted by molar-refractivity contribution is 4.75. The van der Waals surface area contributed by atoms with E-state index in [1.54, 1.807) is 0 Å². The van der Waals surface area contributed by atoms with Gasteiger partial charge < -0.3 is 0 Å². The summed E-state index contributed by atoms with van der Waals surface area (Å²) in [6, 6.07) is 0.444. The fraction of sp³-hybridized carbons (Fsp3) is 0.818. The Balaban J connectivity index is 3.80. The highest BCUT2D eigenvalue weighted by Gasteiger charge is 2.17. The second-order valence-corrected chi connectivity index (χ2v) is 4.10. The molecule has 0 radical (unpaired) electrons. The predicted octanol–water partition coefficient (Wildman–Crippen LogP) is 2.47. The number of hydrogen-bond donors (Lipinski definition) is 2. The smallest absolute Gasteiger partial charge is 0.0238 e. The van der Waals surface area contributed by atoms with Crippen molar-refractivity contribution in [1.29, 1.82) is 0 Å². The first-order chi connectivity index (χ1) is 6.13. The molecule has 0 spiro atoms. The van der Waals surface area contributed by atoms with E-state index in [4.69, 9.17) is 5.84 Å². The maximum absolute atomic E-state index is 5.52. The molecule has 0 aromatic rings. The lowest BCUT2D eigenvalue weighted by molar-refractivity contribution is 0.284. The van der Waals surface area contributed by atoms with E-state index in [1.165, 1.54) is 6.42 Å². The third-order valence-electron chi connectivity index (χ3n) is 2.82. The van der Waals surface area contributed by atoms with E-state index in [0.717, 1.165) is 12.8 Å². The Kier molecular flexibility index (Phi) is 6.92. The first-order valence-corrected chi connectivity index (χ1v) is 5.20. The van der Waals surface area contributed by atoms with Gasteiger partial charge in [-0.1, -0.05) is 26.8 Å². The van der Waals surface area contributed by atoms with Crippen molar-refractivity contribution >= 4 is 0 Å². The minimum absolute atomic E-state index is 0.444. The molecule has 2 unspecified atom stereocenters. The molecule has 0 aromatic heterocycles. The molecule has 0 fully saturated rings. The Labute approximate surface area is 82.6 Å². The number of hydrazine groups is 1. The maximum Gasteiger partial charge on any atom is 0.0238 e. The molecule has 2 heteroatoms. The summed E-state index contributed by atoms with van der Waals surface area (Å²) in [6.45, 7) is 10.4. The Morgan fingerprint density at radius 1 is 1.38 bits per heavy atom. The van der Waals surface area contributed by atoms with E-state index in [9.17, 15) is 0 Å². The minimum atomic E-state index is 0.444. The molecule has 0 aromatic carbocycles. The van der Waals surface area contributed by atoms with Crippen LogP contribution in [0.5, 0.6) is 0 Å². The third kappa shape index (κ3) is 5.06. The van der Waals surface area contributed by atoms with Gasteiger partial charge in [0.1, 0.15) is 0 Å². The molecule has 3 N–H and O–H groups in total. The van der Waals surface area contributed by atoms with Crippen LogP contribution in [0.25, 0.3) is 0 Å². The zero-order valence-electron chi connectivity index (χ0n) is 9.22. The van der Waals surface area contributed by atoms with Crippen LogP contribution in [0.15, 0.2) is 12.7 Å².